The molecule has 0 spiro atoms. The largest absolute Gasteiger partial charge is 0.340 e. The molecule has 4 rings (SSSR count). The van der Waals surface area contributed by atoms with Crippen LogP contribution in [0.4, 0.5) is 4.39 Å². The summed E-state index contributed by atoms with van der Waals surface area (Å²) >= 11 is 0. The van der Waals surface area contributed by atoms with Gasteiger partial charge in [-0.3, -0.25) is 4.79 Å². The number of amides is 1. The van der Waals surface area contributed by atoms with Crippen molar-refractivity contribution in [1.82, 2.24) is 9.47 Å². The first-order chi connectivity index (χ1) is 10.9. The van der Waals surface area contributed by atoms with Gasteiger partial charge in [0, 0.05) is 19.3 Å². The molecule has 1 aromatic carbocycles. The van der Waals surface area contributed by atoms with E-state index in [0.717, 1.165) is 5.39 Å². The molecule has 2 aliphatic rings. The molecule has 0 unspecified atom stereocenters. The summed E-state index contributed by atoms with van der Waals surface area (Å²) < 4.78 is 39.0. The van der Waals surface area contributed by atoms with Gasteiger partial charge in [-0.1, -0.05) is 0 Å². The summed E-state index contributed by atoms with van der Waals surface area (Å²) in [6.07, 6.45) is 2.41. The lowest BCUT2D eigenvalue weighted by Crippen LogP contribution is -2.34. The van der Waals surface area contributed by atoms with Crippen molar-refractivity contribution in [2.75, 3.05) is 18.8 Å². The number of carbonyl (C=O) groups is 1. The Kier molecular flexibility index (Phi) is 3.23. The Labute approximate surface area is 133 Å². The number of halogens is 1. The first-order valence-corrected chi connectivity index (χ1v) is 9.39. The maximum absolute atomic E-state index is 13.4. The van der Waals surface area contributed by atoms with E-state index in [1.165, 1.54) is 12.1 Å². The molecule has 0 N–H and O–H groups in total. The van der Waals surface area contributed by atoms with Crippen LogP contribution < -0.4 is 0 Å². The van der Waals surface area contributed by atoms with E-state index >= 15 is 0 Å². The number of hydrogen-bond donors (Lipinski definition) is 0. The van der Waals surface area contributed by atoms with E-state index in [-0.39, 0.29) is 29.9 Å². The molecule has 0 aliphatic carbocycles. The summed E-state index contributed by atoms with van der Waals surface area (Å²) in [6, 6.07) is 6.32. The zero-order valence-corrected chi connectivity index (χ0v) is 13.3. The maximum Gasteiger partial charge on any atom is 0.242 e. The van der Waals surface area contributed by atoms with Crippen LogP contribution in [0.25, 0.3) is 10.9 Å². The lowest BCUT2D eigenvalue weighted by Gasteiger charge is -2.18. The molecule has 0 bridgehead atoms. The van der Waals surface area contributed by atoms with Gasteiger partial charge in [-0.05, 0) is 42.0 Å². The van der Waals surface area contributed by atoms with E-state index in [1.807, 2.05) is 6.07 Å². The quantitative estimate of drug-likeness (QED) is 0.833. The monoisotopic (exact) mass is 336 g/mol. The molecule has 2 aliphatic heterocycles. The van der Waals surface area contributed by atoms with Gasteiger partial charge in [-0.25, -0.2) is 12.8 Å². The molecule has 5 nitrogen and oxygen atoms in total. The molecule has 3 heterocycles. The van der Waals surface area contributed by atoms with Crippen molar-refractivity contribution in [1.29, 1.82) is 0 Å². The maximum atomic E-state index is 13.4. The lowest BCUT2D eigenvalue weighted by atomic mass is 10.1. The minimum atomic E-state index is -3.04. The number of benzene rings is 1. The number of hydrogen-bond acceptors (Lipinski definition) is 3. The Hall–Kier alpha value is -1.89. The molecule has 122 valence electrons. The van der Waals surface area contributed by atoms with Gasteiger partial charge in [-0.2, -0.15) is 0 Å². The summed E-state index contributed by atoms with van der Waals surface area (Å²) in [4.78, 5) is 14.1. The zero-order valence-electron chi connectivity index (χ0n) is 12.5. The lowest BCUT2D eigenvalue weighted by molar-refractivity contribution is -0.130. The molecule has 2 saturated heterocycles. The second kappa shape index (κ2) is 5.06. The molecule has 7 heteroatoms. The highest BCUT2D eigenvalue weighted by molar-refractivity contribution is 7.92. The minimum Gasteiger partial charge on any atom is -0.340 e. The van der Waals surface area contributed by atoms with Gasteiger partial charge in [0.15, 0.2) is 9.84 Å². The Morgan fingerprint density at radius 3 is 2.87 bits per heavy atom. The molecule has 2 fully saturated rings. The van der Waals surface area contributed by atoms with Crippen molar-refractivity contribution in [2.24, 2.45) is 5.92 Å². The third-order valence-electron chi connectivity index (χ3n) is 5.01. The molecule has 2 aromatic rings. The molecule has 0 saturated carbocycles. The van der Waals surface area contributed by atoms with Crippen LogP contribution in [-0.4, -0.2) is 47.9 Å². The van der Waals surface area contributed by atoms with E-state index in [9.17, 15) is 17.6 Å². The van der Waals surface area contributed by atoms with Gasteiger partial charge in [0.1, 0.15) is 12.4 Å². The van der Waals surface area contributed by atoms with Gasteiger partial charge in [-0.15, -0.1) is 0 Å². The second-order valence-corrected chi connectivity index (χ2v) is 8.74. The Morgan fingerprint density at radius 1 is 1.26 bits per heavy atom. The smallest absolute Gasteiger partial charge is 0.242 e. The van der Waals surface area contributed by atoms with Crippen LogP contribution >= 0.6 is 0 Å². The molecule has 1 aromatic heterocycles. The van der Waals surface area contributed by atoms with Crippen molar-refractivity contribution in [3.05, 3.63) is 36.3 Å². The molecular formula is C16H17FN2O3S. The fraction of sp³-hybridized carbons (Fsp3) is 0.438. The third-order valence-corrected chi connectivity index (χ3v) is 7.27. The van der Waals surface area contributed by atoms with Crippen molar-refractivity contribution in [3.8, 4) is 0 Å². The van der Waals surface area contributed by atoms with Crippen LogP contribution in [0, 0.1) is 11.7 Å². The molecule has 2 atom stereocenters. The summed E-state index contributed by atoms with van der Waals surface area (Å²) in [7, 11) is -3.04. The average molecular weight is 336 g/mol. The fourth-order valence-corrected chi connectivity index (χ4v) is 5.89. The summed E-state index contributed by atoms with van der Waals surface area (Å²) in [6.45, 7) is 0.905. The minimum absolute atomic E-state index is 0.0720. The summed E-state index contributed by atoms with van der Waals surface area (Å²) in [5, 5.41) is 0.477. The third kappa shape index (κ3) is 2.43. The normalized spacial score (nSPS) is 25.9. The van der Waals surface area contributed by atoms with Gasteiger partial charge in [0.2, 0.25) is 5.91 Å². The van der Waals surface area contributed by atoms with E-state index < -0.39 is 15.1 Å². The molecule has 1 amide bonds. The van der Waals surface area contributed by atoms with Crippen LogP contribution in [0.1, 0.15) is 6.42 Å². The number of carbonyl (C=O) groups excluding carboxylic acids is 1. The average Bonchev–Trinajstić information content (AvgIpc) is 3.16. The van der Waals surface area contributed by atoms with Gasteiger partial charge >= 0.3 is 0 Å². The van der Waals surface area contributed by atoms with Crippen molar-refractivity contribution >= 4 is 26.6 Å². The number of aromatic nitrogens is 1. The van der Waals surface area contributed by atoms with E-state index in [0.29, 0.717) is 25.0 Å². The number of sulfone groups is 1. The molecule has 0 radical (unpaired) electrons. The van der Waals surface area contributed by atoms with Crippen LogP contribution in [0.3, 0.4) is 0 Å². The zero-order chi connectivity index (χ0) is 16.2. The first kappa shape index (κ1) is 14.7. The van der Waals surface area contributed by atoms with E-state index in [4.69, 9.17) is 0 Å². The Balaban J connectivity index is 1.53. The SMILES string of the molecule is O=C(Cn1ccc2ccc(F)cc21)N1C[C@@H]2CCS(=O)(=O)[C@@H]2C1. The highest BCUT2D eigenvalue weighted by Crippen LogP contribution is 2.33. The molecule has 23 heavy (non-hydrogen) atoms. The Morgan fingerprint density at radius 2 is 2.09 bits per heavy atom. The van der Waals surface area contributed by atoms with Crippen LogP contribution in [0.5, 0.6) is 0 Å². The first-order valence-electron chi connectivity index (χ1n) is 7.68. The summed E-state index contributed by atoms with van der Waals surface area (Å²) in [5.74, 6) is -0.142. The number of fused-ring (bicyclic) bond motifs is 2. The number of nitrogens with zero attached hydrogens (tertiary/aromatic N) is 2. The molecular weight excluding hydrogens is 319 g/mol. The highest BCUT2D eigenvalue weighted by atomic mass is 32.2. The summed E-state index contributed by atoms with van der Waals surface area (Å²) in [5.41, 5.74) is 0.672. The van der Waals surface area contributed by atoms with Crippen LogP contribution in [-0.2, 0) is 21.2 Å². The fourth-order valence-electron chi connectivity index (χ4n) is 3.74. The predicted molar refractivity (Wildman–Crippen MR) is 84.2 cm³/mol. The van der Waals surface area contributed by atoms with Crippen molar-refractivity contribution in [3.63, 3.8) is 0 Å². The van der Waals surface area contributed by atoms with Crippen molar-refractivity contribution in [2.45, 2.75) is 18.2 Å². The standard InChI is InChI=1S/C16H17FN2O3S/c17-13-2-1-11-3-5-18(14(11)7-13)10-16(20)19-8-12-4-6-23(21,22)15(12)9-19/h1-3,5,7,12,15H,4,6,8-10H2/t12-,15+/m0/s1. The van der Waals surface area contributed by atoms with Gasteiger partial charge in [0.25, 0.3) is 0 Å². The number of rotatable bonds is 2. The van der Waals surface area contributed by atoms with Gasteiger partial charge < -0.3 is 9.47 Å². The number of likely N-dealkylation sites (tertiary alicyclic amines) is 1. The van der Waals surface area contributed by atoms with Gasteiger partial charge in [0.05, 0.1) is 16.5 Å². The predicted octanol–water partition coefficient (Wildman–Crippen LogP) is 1.43. The van der Waals surface area contributed by atoms with Crippen LogP contribution in [0.2, 0.25) is 0 Å². The Bertz CT molecular complexity index is 890. The van der Waals surface area contributed by atoms with E-state index in [1.54, 1.807) is 21.7 Å². The highest BCUT2D eigenvalue weighted by Gasteiger charge is 2.47. The van der Waals surface area contributed by atoms with E-state index in [2.05, 4.69) is 0 Å². The van der Waals surface area contributed by atoms with Crippen molar-refractivity contribution < 1.29 is 17.6 Å². The van der Waals surface area contributed by atoms with Crippen LogP contribution in [0.15, 0.2) is 30.5 Å². The second-order valence-electron chi connectivity index (χ2n) is 6.40. The topological polar surface area (TPSA) is 59.4 Å².